The Morgan fingerprint density at radius 3 is 2.43 bits per heavy atom. The molecule has 0 heterocycles. The van der Waals surface area contributed by atoms with Crippen LogP contribution in [-0.4, -0.2) is 23.9 Å². The zero-order chi connectivity index (χ0) is 15.7. The number of aliphatic hydroxyl groups excluding tert-OH is 1. The summed E-state index contributed by atoms with van der Waals surface area (Å²) in [7, 11) is 1.65. The number of aliphatic hydroxyl groups is 1. The smallest absolute Gasteiger partial charge is 0.127 e. The van der Waals surface area contributed by atoms with E-state index in [2.05, 4.69) is 29.8 Å². The first-order valence-electron chi connectivity index (χ1n) is 7.45. The van der Waals surface area contributed by atoms with E-state index in [1.165, 1.54) is 6.07 Å². The number of hydrogen-bond donors (Lipinski definition) is 1. The van der Waals surface area contributed by atoms with Crippen molar-refractivity contribution < 1.29 is 14.2 Å². The zero-order valence-corrected chi connectivity index (χ0v) is 14.5. The van der Waals surface area contributed by atoms with Gasteiger partial charge in [-0.25, -0.2) is 4.39 Å². The van der Waals surface area contributed by atoms with Gasteiger partial charge in [0.1, 0.15) is 5.82 Å². The Hall–Kier alpha value is -0.450. The summed E-state index contributed by atoms with van der Waals surface area (Å²) in [6, 6.07) is 4.96. The van der Waals surface area contributed by atoms with Crippen LogP contribution >= 0.6 is 15.9 Å². The molecule has 1 fully saturated rings. The lowest BCUT2D eigenvalue weighted by Gasteiger charge is -2.45. The molecule has 1 aliphatic carbocycles. The lowest BCUT2D eigenvalue weighted by molar-refractivity contribution is -0.135. The molecule has 0 bridgehead atoms. The molecule has 4 heteroatoms. The molecule has 1 N–H and O–H groups in total. The average Bonchev–Trinajstić information content (AvgIpc) is 2.42. The number of rotatable bonds is 4. The van der Waals surface area contributed by atoms with Crippen molar-refractivity contribution in [3.8, 4) is 0 Å². The summed E-state index contributed by atoms with van der Waals surface area (Å²) >= 11 is 3.25. The van der Waals surface area contributed by atoms with Crippen LogP contribution in [0.15, 0.2) is 22.7 Å². The zero-order valence-electron chi connectivity index (χ0n) is 13.0. The van der Waals surface area contributed by atoms with E-state index in [4.69, 9.17) is 4.74 Å². The van der Waals surface area contributed by atoms with Gasteiger partial charge in [-0.3, -0.25) is 0 Å². The summed E-state index contributed by atoms with van der Waals surface area (Å²) in [6.07, 6.45) is 3.26. The van der Waals surface area contributed by atoms with Crippen LogP contribution in [0.25, 0.3) is 0 Å². The van der Waals surface area contributed by atoms with Gasteiger partial charge in [-0.15, -0.1) is 0 Å². The van der Waals surface area contributed by atoms with Gasteiger partial charge in [0.25, 0.3) is 0 Å². The molecule has 21 heavy (non-hydrogen) atoms. The van der Waals surface area contributed by atoms with Gasteiger partial charge in [0.2, 0.25) is 0 Å². The fourth-order valence-electron chi connectivity index (χ4n) is 3.10. The predicted molar refractivity (Wildman–Crippen MR) is 85.8 cm³/mol. The van der Waals surface area contributed by atoms with Crippen molar-refractivity contribution in [2.24, 2.45) is 5.41 Å². The Kier molecular flexibility index (Phi) is 5.11. The molecule has 2 rings (SSSR count). The highest BCUT2D eigenvalue weighted by Crippen LogP contribution is 2.44. The standard InChI is InChI=1S/C17H24BrFO2/c1-16(2)6-8-17(21-3,9-7-16)15(20)10-12-4-5-13(18)11-14(12)19/h4-5,11,15,20H,6-10H2,1-3H3. The fourth-order valence-corrected chi connectivity index (χ4v) is 3.44. The third-order valence-corrected chi connectivity index (χ3v) is 5.39. The van der Waals surface area contributed by atoms with Crippen molar-refractivity contribution in [1.29, 1.82) is 0 Å². The van der Waals surface area contributed by atoms with Crippen molar-refractivity contribution in [2.45, 2.75) is 57.7 Å². The van der Waals surface area contributed by atoms with Gasteiger partial charge in [0.15, 0.2) is 0 Å². The van der Waals surface area contributed by atoms with Crippen LogP contribution in [0.1, 0.15) is 45.1 Å². The van der Waals surface area contributed by atoms with E-state index in [1.807, 2.05) is 0 Å². The van der Waals surface area contributed by atoms with E-state index in [0.717, 1.165) is 25.7 Å². The van der Waals surface area contributed by atoms with Gasteiger partial charge in [-0.1, -0.05) is 35.8 Å². The van der Waals surface area contributed by atoms with Gasteiger partial charge in [-0.05, 0) is 48.8 Å². The summed E-state index contributed by atoms with van der Waals surface area (Å²) < 4.78 is 20.3. The monoisotopic (exact) mass is 358 g/mol. The second kappa shape index (κ2) is 6.35. The van der Waals surface area contributed by atoms with Gasteiger partial charge < -0.3 is 9.84 Å². The molecule has 2 nitrogen and oxygen atoms in total. The van der Waals surface area contributed by atoms with Crippen molar-refractivity contribution in [2.75, 3.05) is 7.11 Å². The maximum Gasteiger partial charge on any atom is 0.127 e. The number of ether oxygens (including phenoxy) is 1. The number of methoxy groups -OCH3 is 1. The minimum Gasteiger partial charge on any atom is -0.390 e. The minimum absolute atomic E-state index is 0.285. The molecular formula is C17H24BrFO2. The van der Waals surface area contributed by atoms with E-state index < -0.39 is 11.7 Å². The Morgan fingerprint density at radius 1 is 1.29 bits per heavy atom. The summed E-state index contributed by atoms with van der Waals surface area (Å²) in [4.78, 5) is 0. The number of benzene rings is 1. The minimum atomic E-state index is -0.686. The molecule has 0 radical (unpaired) electrons. The molecule has 1 aromatic carbocycles. The Bertz CT molecular complexity index is 492. The van der Waals surface area contributed by atoms with Gasteiger partial charge in [0.05, 0.1) is 11.7 Å². The molecule has 1 saturated carbocycles. The Balaban J connectivity index is 2.12. The van der Waals surface area contributed by atoms with E-state index in [-0.39, 0.29) is 12.2 Å². The lowest BCUT2D eigenvalue weighted by Crippen LogP contribution is -2.49. The van der Waals surface area contributed by atoms with E-state index in [9.17, 15) is 9.50 Å². The van der Waals surface area contributed by atoms with Gasteiger partial charge in [0, 0.05) is 18.0 Å². The second-order valence-electron chi connectivity index (χ2n) is 6.89. The van der Waals surface area contributed by atoms with Crippen LogP contribution in [-0.2, 0) is 11.2 Å². The van der Waals surface area contributed by atoms with Crippen LogP contribution in [0.3, 0.4) is 0 Å². The highest BCUT2D eigenvalue weighted by atomic mass is 79.9. The summed E-state index contributed by atoms with van der Waals surface area (Å²) in [5.41, 5.74) is 0.284. The average molecular weight is 359 g/mol. The first kappa shape index (κ1) is 16.9. The molecule has 1 aromatic rings. The van der Waals surface area contributed by atoms with Crippen LogP contribution in [0, 0.1) is 11.2 Å². The molecule has 118 valence electrons. The normalized spacial score (nSPS) is 22.0. The Labute approximate surface area is 134 Å². The van der Waals surface area contributed by atoms with Crippen LogP contribution in [0.2, 0.25) is 0 Å². The topological polar surface area (TPSA) is 29.5 Å². The largest absolute Gasteiger partial charge is 0.390 e. The Morgan fingerprint density at radius 2 is 1.90 bits per heavy atom. The maximum atomic E-state index is 13.9. The molecule has 0 saturated heterocycles. The SMILES string of the molecule is COC1(C(O)Cc2ccc(Br)cc2F)CCC(C)(C)CC1. The molecule has 0 aromatic heterocycles. The fraction of sp³-hybridized carbons (Fsp3) is 0.647. The molecule has 0 spiro atoms. The van der Waals surface area contributed by atoms with Crippen LogP contribution in [0.4, 0.5) is 4.39 Å². The summed E-state index contributed by atoms with van der Waals surface area (Å²) in [6.45, 7) is 4.49. The highest BCUT2D eigenvalue weighted by molar-refractivity contribution is 9.10. The first-order valence-corrected chi connectivity index (χ1v) is 8.24. The quantitative estimate of drug-likeness (QED) is 0.859. The van der Waals surface area contributed by atoms with E-state index in [0.29, 0.717) is 15.5 Å². The lowest BCUT2D eigenvalue weighted by atomic mass is 9.68. The molecule has 0 aliphatic heterocycles. The third kappa shape index (κ3) is 3.85. The van der Waals surface area contributed by atoms with E-state index in [1.54, 1.807) is 19.2 Å². The molecule has 1 aliphatic rings. The van der Waals surface area contributed by atoms with Crippen molar-refractivity contribution >= 4 is 15.9 Å². The number of hydrogen-bond acceptors (Lipinski definition) is 2. The second-order valence-corrected chi connectivity index (χ2v) is 7.80. The van der Waals surface area contributed by atoms with Crippen molar-refractivity contribution in [1.82, 2.24) is 0 Å². The van der Waals surface area contributed by atoms with Gasteiger partial charge in [-0.2, -0.15) is 0 Å². The molecule has 1 unspecified atom stereocenters. The summed E-state index contributed by atoms with van der Waals surface area (Å²) in [5, 5.41) is 10.6. The predicted octanol–water partition coefficient (Wildman–Crippen LogP) is 4.48. The highest BCUT2D eigenvalue weighted by Gasteiger charge is 2.43. The van der Waals surface area contributed by atoms with Crippen LogP contribution in [0.5, 0.6) is 0 Å². The molecule has 0 amide bonds. The number of halogens is 2. The summed E-state index contributed by atoms with van der Waals surface area (Å²) in [5.74, 6) is -0.286. The van der Waals surface area contributed by atoms with Gasteiger partial charge >= 0.3 is 0 Å². The molecular weight excluding hydrogens is 335 g/mol. The van der Waals surface area contributed by atoms with E-state index >= 15 is 0 Å². The van der Waals surface area contributed by atoms with Crippen LogP contribution < -0.4 is 0 Å². The third-order valence-electron chi connectivity index (χ3n) is 4.89. The maximum absolute atomic E-state index is 13.9. The molecule has 1 atom stereocenters. The first-order chi connectivity index (χ1) is 9.78. The van der Waals surface area contributed by atoms with Crippen molar-refractivity contribution in [3.63, 3.8) is 0 Å². The van der Waals surface area contributed by atoms with Crippen molar-refractivity contribution in [3.05, 3.63) is 34.1 Å².